The van der Waals surface area contributed by atoms with E-state index in [1.165, 1.54) is 6.07 Å². The Balaban J connectivity index is 2.18. The summed E-state index contributed by atoms with van der Waals surface area (Å²) in [5.74, 6) is -1.37. The molecule has 2 rings (SSSR count). The first-order valence-corrected chi connectivity index (χ1v) is 8.08. The van der Waals surface area contributed by atoms with Gasteiger partial charge in [-0.3, -0.25) is 4.79 Å². The van der Waals surface area contributed by atoms with Gasteiger partial charge in [0.15, 0.2) is 0 Å². The normalized spacial score (nSPS) is 17.4. The number of amides is 1. The van der Waals surface area contributed by atoms with E-state index >= 15 is 0 Å². The summed E-state index contributed by atoms with van der Waals surface area (Å²) in [6.45, 7) is 6.07. The zero-order valence-electron chi connectivity index (χ0n) is 14.3. The summed E-state index contributed by atoms with van der Waals surface area (Å²) in [6.07, 6.45) is 0.203. The van der Waals surface area contributed by atoms with Crippen LogP contribution in [0.15, 0.2) is 24.3 Å². The van der Waals surface area contributed by atoms with Crippen molar-refractivity contribution in [2.24, 2.45) is 0 Å². The van der Waals surface area contributed by atoms with Crippen molar-refractivity contribution in [3.63, 3.8) is 0 Å². The molecule has 0 unspecified atom stereocenters. The Kier molecular flexibility index (Phi) is 5.16. The minimum atomic E-state index is -0.969. The van der Waals surface area contributed by atoms with Crippen LogP contribution in [0.1, 0.15) is 45.6 Å². The number of carbonyl (C=O) groups is 2. The van der Waals surface area contributed by atoms with E-state index in [-0.39, 0.29) is 6.42 Å². The molecule has 1 aromatic carbocycles. The Morgan fingerprint density at radius 2 is 1.83 bits per heavy atom. The molecular weight excluding hydrogens is 313 g/mol. The molecule has 0 atom stereocenters. The molecule has 132 valence electrons. The largest absolute Gasteiger partial charge is 0.481 e. The van der Waals surface area contributed by atoms with Crippen molar-refractivity contribution in [3.8, 4) is 0 Å². The third-order valence-electron chi connectivity index (χ3n) is 4.31. The van der Waals surface area contributed by atoms with Crippen molar-refractivity contribution in [2.45, 2.75) is 51.0 Å². The summed E-state index contributed by atoms with van der Waals surface area (Å²) in [6, 6.07) is 6.28. The van der Waals surface area contributed by atoms with Gasteiger partial charge in [-0.25, -0.2) is 9.18 Å². The van der Waals surface area contributed by atoms with Gasteiger partial charge in [-0.05, 0) is 45.2 Å². The predicted molar refractivity (Wildman–Crippen MR) is 87.4 cm³/mol. The molecule has 1 N–H and O–H groups in total. The van der Waals surface area contributed by atoms with E-state index in [4.69, 9.17) is 4.74 Å². The Hall–Kier alpha value is -2.11. The highest BCUT2D eigenvalue weighted by Gasteiger charge is 2.41. The number of hydrogen-bond acceptors (Lipinski definition) is 3. The number of piperidine rings is 1. The smallest absolute Gasteiger partial charge is 0.410 e. The molecule has 1 aliphatic rings. The Morgan fingerprint density at radius 1 is 1.25 bits per heavy atom. The first-order valence-electron chi connectivity index (χ1n) is 8.08. The lowest BCUT2D eigenvalue weighted by Crippen LogP contribution is -2.47. The van der Waals surface area contributed by atoms with Gasteiger partial charge in [-0.15, -0.1) is 0 Å². The quantitative estimate of drug-likeness (QED) is 0.915. The summed E-state index contributed by atoms with van der Waals surface area (Å²) in [5.41, 5.74) is -0.968. The highest BCUT2D eigenvalue weighted by molar-refractivity contribution is 5.70. The monoisotopic (exact) mass is 337 g/mol. The van der Waals surface area contributed by atoms with E-state index in [9.17, 15) is 19.1 Å². The lowest BCUT2D eigenvalue weighted by atomic mass is 9.70. The first-order chi connectivity index (χ1) is 11.1. The van der Waals surface area contributed by atoms with Crippen molar-refractivity contribution < 1.29 is 23.8 Å². The summed E-state index contributed by atoms with van der Waals surface area (Å²) < 4.78 is 19.6. The first kappa shape index (κ1) is 18.2. The fourth-order valence-corrected chi connectivity index (χ4v) is 3.17. The summed E-state index contributed by atoms with van der Waals surface area (Å²) in [5, 5.41) is 9.28. The molecule has 1 heterocycles. The number of ether oxygens (including phenoxy) is 1. The van der Waals surface area contributed by atoms with Crippen LogP contribution in [0, 0.1) is 5.82 Å². The maximum atomic E-state index is 14.2. The van der Waals surface area contributed by atoms with Gasteiger partial charge in [0.1, 0.15) is 11.4 Å². The van der Waals surface area contributed by atoms with E-state index in [2.05, 4.69) is 0 Å². The number of halogens is 1. The molecule has 1 aromatic rings. The number of carboxylic acid groups (broad SMARTS) is 1. The second-order valence-electron chi connectivity index (χ2n) is 7.30. The fourth-order valence-electron chi connectivity index (χ4n) is 3.17. The molecular formula is C18H24FNO4. The average Bonchev–Trinajstić information content (AvgIpc) is 2.45. The van der Waals surface area contributed by atoms with Crippen molar-refractivity contribution in [2.75, 3.05) is 13.1 Å². The van der Waals surface area contributed by atoms with Crippen molar-refractivity contribution in [1.29, 1.82) is 0 Å². The third kappa shape index (κ3) is 4.24. The van der Waals surface area contributed by atoms with Crippen LogP contribution in [0.4, 0.5) is 9.18 Å². The van der Waals surface area contributed by atoms with Crippen LogP contribution in [0.25, 0.3) is 0 Å². The maximum Gasteiger partial charge on any atom is 0.410 e. The van der Waals surface area contributed by atoms with E-state index in [1.807, 2.05) is 0 Å². The number of nitrogens with zero attached hydrogens (tertiary/aromatic N) is 1. The van der Waals surface area contributed by atoms with Crippen LogP contribution in [0.3, 0.4) is 0 Å². The molecule has 0 aliphatic carbocycles. The molecule has 6 heteroatoms. The van der Waals surface area contributed by atoms with Gasteiger partial charge in [0.2, 0.25) is 0 Å². The van der Waals surface area contributed by atoms with Crippen LogP contribution >= 0.6 is 0 Å². The molecule has 0 bridgehead atoms. The van der Waals surface area contributed by atoms with Gasteiger partial charge in [0.05, 0.1) is 6.42 Å². The second-order valence-corrected chi connectivity index (χ2v) is 7.30. The highest BCUT2D eigenvalue weighted by Crippen LogP contribution is 2.40. The molecule has 0 spiro atoms. The van der Waals surface area contributed by atoms with Gasteiger partial charge in [0, 0.05) is 18.5 Å². The lowest BCUT2D eigenvalue weighted by molar-refractivity contribution is -0.139. The minimum Gasteiger partial charge on any atom is -0.481 e. The predicted octanol–water partition coefficient (Wildman–Crippen LogP) is 3.57. The molecule has 1 fully saturated rings. The zero-order chi connectivity index (χ0) is 18.0. The van der Waals surface area contributed by atoms with Gasteiger partial charge >= 0.3 is 12.1 Å². The number of carboxylic acids is 1. The third-order valence-corrected chi connectivity index (χ3v) is 4.31. The molecule has 24 heavy (non-hydrogen) atoms. The number of hydrogen-bond donors (Lipinski definition) is 1. The summed E-state index contributed by atoms with van der Waals surface area (Å²) >= 11 is 0. The van der Waals surface area contributed by atoms with Crippen molar-refractivity contribution in [1.82, 2.24) is 4.90 Å². The minimum absolute atomic E-state index is 0.157. The Bertz CT molecular complexity index is 616. The van der Waals surface area contributed by atoms with Gasteiger partial charge < -0.3 is 14.7 Å². The molecule has 1 amide bonds. The number of rotatable bonds is 3. The summed E-state index contributed by atoms with van der Waals surface area (Å²) in [4.78, 5) is 25.1. The second kappa shape index (κ2) is 6.79. The molecule has 0 saturated carbocycles. The van der Waals surface area contributed by atoms with Crippen LogP contribution in [-0.2, 0) is 14.9 Å². The molecule has 0 radical (unpaired) electrons. The molecule has 0 aromatic heterocycles. The fraction of sp³-hybridized carbons (Fsp3) is 0.556. The number of likely N-dealkylation sites (tertiary alicyclic amines) is 1. The Morgan fingerprint density at radius 3 is 2.33 bits per heavy atom. The standard InChI is InChI=1S/C18H24FNO4/c1-17(2,3)24-16(23)20-10-8-18(9-11-20,12-15(21)22)13-6-4-5-7-14(13)19/h4-7H,8-12H2,1-3H3,(H,21,22). The van der Waals surface area contributed by atoms with E-state index in [0.29, 0.717) is 31.5 Å². The van der Waals surface area contributed by atoms with Crippen LogP contribution in [-0.4, -0.2) is 40.8 Å². The van der Waals surface area contributed by atoms with Crippen molar-refractivity contribution in [3.05, 3.63) is 35.6 Å². The van der Waals surface area contributed by atoms with E-state index in [0.717, 1.165) is 0 Å². The van der Waals surface area contributed by atoms with E-state index in [1.54, 1.807) is 43.9 Å². The number of aliphatic carboxylic acids is 1. The molecule has 1 aliphatic heterocycles. The topological polar surface area (TPSA) is 66.8 Å². The van der Waals surface area contributed by atoms with Crippen molar-refractivity contribution >= 4 is 12.1 Å². The number of benzene rings is 1. The Labute approximate surface area is 141 Å². The summed E-state index contributed by atoms with van der Waals surface area (Å²) in [7, 11) is 0. The van der Waals surface area contributed by atoms with Crippen LogP contribution in [0.2, 0.25) is 0 Å². The SMILES string of the molecule is CC(C)(C)OC(=O)N1CCC(CC(=O)O)(c2ccccc2F)CC1. The molecule has 5 nitrogen and oxygen atoms in total. The number of carbonyl (C=O) groups excluding carboxylic acids is 1. The zero-order valence-corrected chi connectivity index (χ0v) is 14.3. The average molecular weight is 337 g/mol. The van der Waals surface area contributed by atoms with E-state index < -0.39 is 28.9 Å². The van der Waals surface area contributed by atoms with Gasteiger partial charge in [0.25, 0.3) is 0 Å². The maximum absolute atomic E-state index is 14.2. The van der Waals surface area contributed by atoms with Crippen LogP contribution in [0.5, 0.6) is 0 Å². The molecule has 1 saturated heterocycles. The van der Waals surface area contributed by atoms with Gasteiger partial charge in [-0.1, -0.05) is 18.2 Å². The van der Waals surface area contributed by atoms with Gasteiger partial charge in [-0.2, -0.15) is 0 Å². The lowest BCUT2D eigenvalue weighted by Gasteiger charge is -2.41. The highest BCUT2D eigenvalue weighted by atomic mass is 19.1. The van der Waals surface area contributed by atoms with Crippen LogP contribution < -0.4 is 0 Å².